The molecule has 0 fully saturated rings. The van der Waals surface area contributed by atoms with Gasteiger partial charge in [-0.3, -0.25) is 0 Å². The summed E-state index contributed by atoms with van der Waals surface area (Å²) in [6, 6.07) is 6.25. The number of hydrogen-bond donors (Lipinski definition) is 1. The molecule has 1 atom stereocenters. The second-order valence-electron chi connectivity index (χ2n) is 3.69. The van der Waals surface area contributed by atoms with Gasteiger partial charge in [0, 0.05) is 15.5 Å². The Labute approximate surface area is 123 Å². The molecule has 0 radical (unpaired) electrons. The first-order valence-electron chi connectivity index (χ1n) is 5.06. The van der Waals surface area contributed by atoms with E-state index in [1.807, 2.05) is 0 Å². The molecular formula is C12H10Cl2F3NS. The number of thiophene rings is 1. The van der Waals surface area contributed by atoms with E-state index in [4.69, 9.17) is 17.3 Å². The first-order valence-corrected chi connectivity index (χ1v) is 6.31. The van der Waals surface area contributed by atoms with E-state index in [2.05, 4.69) is 0 Å². The quantitative estimate of drug-likeness (QED) is 0.834. The second-order valence-corrected chi connectivity index (χ2v) is 5.08. The van der Waals surface area contributed by atoms with Gasteiger partial charge in [-0.1, -0.05) is 23.7 Å². The number of halogens is 5. The van der Waals surface area contributed by atoms with Crippen LogP contribution in [0.3, 0.4) is 0 Å². The van der Waals surface area contributed by atoms with Crippen molar-refractivity contribution in [2.75, 3.05) is 0 Å². The van der Waals surface area contributed by atoms with Crippen molar-refractivity contribution < 1.29 is 13.2 Å². The van der Waals surface area contributed by atoms with Crippen molar-refractivity contribution in [1.29, 1.82) is 0 Å². The molecule has 2 rings (SSSR count). The Balaban J connectivity index is 0.00000180. The van der Waals surface area contributed by atoms with Crippen molar-refractivity contribution in [3.8, 4) is 0 Å². The van der Waals surface area contributed by atoms with Gasteiger partial charge >= 0.3 is 6.18 Å². The van der Waals surface area contributed by atoms with Crippen LogP contribution in [0, 0.1) is 0 Å². The molecule has 0 amide bonds. The summed E-state index contributed by atoms with van der Waals surface area (Å²) in [7, 11) is 0. The van der Waals surface area contributed by atoms with Gasteiger partial charge in [0.1, 0.15) is 0 Å². The van der Waals surface area contributed by atoms with E-state index in [1.165, 1.54) is 23.5 Å². The third kappa shape index (κ3) is 3.42. The van der Waals surface area contributed by atoms with Crippen molar-refractivity contribution in [2.45, 2.75) is 12.2 Å². The molecule has 1 aromatic carbocycles. The Hall–Kier alpha value is -0.750. The molecule has 0 aliphatic rings. The van der Waals surface area contributed by atoms with Crippen molar-refractivity contribution in [3.05, 3.63) is 56.7 Å². The third-order valence-electron chi connectivity index (χ3n) is 2.52. The van der Waals surface area contributed by atoms with Gasteiger partial charge in [-0.25, -0.2) is 0 Å². The van der Waals surface area contributed by atoms with Gasteiger partial charge in [0.05, 0.1) is 11.6 Å². The van der Waals surface area contributed by atoms with Crippen LogP contribution in [0.2, 0.25) is 5.02 Å². The second kappa shape index (κ2) is 6.13. The van der Waals surface area contributed by atoms with Gasteiger partial charge in [-0.15, -0.1) is 23.7 Å². The zero-order chi connectivity index (χ0) is 13.3. The fourth-order valence-corrected chi connectivity index (χ4v) is 2.74. The Bertz CT molecular complexity index is 540. The predicted octanol–water partition coefficient (Wildman–Crippen LogP) is 4.89. The van der Waals surface area contributed by atoms with Gasteiger partial charge in [0.25, 0.3) is 0 Å². The number of nitrogens with two attached hydrogens (primary N) is 1. The van der Waals surface area contributed by atoms with Gasteiger partial charge < -0.3 is 5.73 Å². The molecule has 0 spiro atoms. The fourth-order valence-electron chi connectivity index (χ4n) is 1.71. The number of hydrogen-bond acceptors (Lipinski definition) is 2. The number of alkyl halides is 3. The Morgan fingerprint density at radius 1 is 1.16 bits per heavy atom. The standard InChI is InChI=1S/C12H9ClF3NS.ClH/c13-8-4-1-3-7(12(14,15)16)10(8)11(17)9-5-2-6-18-9;/h1-6,11H,17H2;1H/t11-;/m0./s1. The maximum absolute atomic E-state index is 12.9. The zero-order valence-corrected chi connectivity index (χ0v) is 11.8. The van der Waals surface area contributed by atoms with Crippen LogP contribution in [-0.2, 0) is 6.18 Å². The predicted molar refractivity (Wildman–Crippen MR) is 74.1 cm³/mol. The van der Waals surface area contributed by atoms with Crippen LogP contribution in [0.25, 0.3) is 0 Å². The van der Waals surface area contributed by atoms with E-state index >= 15 is 0 Å². The lowest BCUT2D eigenvalue weighted by molar-refractivity contribution is -0.138. The van der Waals surface area contributed by atoms with Crippen LogP contribution in [0.1, 0.15) is 22.0 Å². The maximum atomic E-state index is 12.9. The molecule has 0 bridgehead atoms. The third-order valence-corrected chi connectivity index (χ3v) is 3.80. The van der Waals surface area contributed by atoms with Gasteiger partial charge in [-0.05, 0) is 23.6 Å². The molecule has 0 aliphatic heterocycles. The van der Waals surface area contributed by atoms with Crippen molar-refractivity contribution in [2.24, 2.45) is 5.73 Å². The topological polar surface area (TPSA) is 26.0 Å². The normalized spacial score (nSPS) is 12.9. The molecule has 1 nitrogen and oxygen atoms in total. The average Bonchev–Trinajstić information content (AvgIpc) is 2.80. The van der Waals surface area contributed by atoms with Crippen molar-refractivity contribution in [3.63, 3.8) is 0 Å². The largest absolute Gasteiger partial charge is 0.416 e. The van der Waals surface area contributed by atoms with Crippen LogP contribution in [0.5, 0.6) is 0 Å². The molecule has 0 saturated heterocycles. The van der Waals surface area contributed by atoms with E-state index in [9.17, 15) is 13.2 Å². The van der Waals surface area contributed by atoms with E-state index in [-0.39, 0.29) is 23.0 Å². The SMILES string of the molecule is Cl.N[C@@H](c1cccs1)c1c(Cl)cccc1C(F)(F)F. The van der Waals surface area contributed by atoms with Crippen LogP contribution >= 0.6 is 35.3 Å². The van der Waals surface area contributed by atoms with Crippen LogP contribution in [0.15, 0.2) is 35.7 Å². The van der Waals surface area contributed by atoms with Gasteiger partial charge in [-0.2, -0.15) is 13.2 Å². The summed E-state index contributed by atoms with van der Waals surface area (Å²) >= 11 is 7.17. The van der Waals surface area contributed by atoms with Crippen LogP contribution in [-0.4, -0.2) is 0 Å². The Morgan fingerprint density at radius 2 is 1.84 bits per heavy atom. The van der Waals surface area contributed by atoms with Crippen molar-refractivity contribution >= 4 is 35.3 Å². The minimum absolute atomic E-state index is 0. The molecule has 1 heterocycles. The molecule has 0 unspecified atom stereocenters. The van der Waals surface area contributed by atoms with Crippen molar-refractivity contribution in [1.82, 2.24) is 0 Å². The number of benzene rings is 1. The van der Waals surface area contributed by atoms with E-state index in [1.54, 1.807) is 17.5 Å². The highest BCUT2D eigenvalue weighted by Crippen LogP contribution is 2.39. The first-order chi connectivity index (χ1) is 8.41. The summed E-state index contributed by atoms with van der Waals surface area (Å²) in [6.07, 6.45) is -4.46. The lowest BCUT2D eigenvalue weighted by Crippen LogP contribution is -2.18. The highest BCUT2D eigenvalue weighted by Gasteiger charge is 2.36. The van der Waals surface area contributed by atoms with Gasteiger partial charge in [0.2, 0.25) is 0 Å². The fraction of sp³-hybridized carbons (Fsp3) is 0.167. The molecule has 0 saturated carbocycles. The molecule has 7 heteroatoms. The molecule has 0 aliphatic carbocycles. The molecule has 2 N–H and O–H groups in total. The molecule has 104 valence electrons. The first kappa shape index (κ1) is 16.3. The summed E-state index contributed by atoms with van der Waals surface area (Å²) in [5.41, 5.74) is 5.03. The highest BCUT2D eigenvalue weighted by atomic mass is 35.5. The molecule has 2 aromatic rings. The van der Waals surface area contributed by atoms with E-state index in [0.29, 0.717) is 4.88 Å². The summed E-state index contributed by atoms with van der Waals surface area (Å²) in [5.74, 6) is 0. The van der Waals surface area contributed by atoms with Crippen LogP contribution in [0.4, 0.5) is 13.2 Å². The molecule has 1 aromatic heterocycles. The smallest absolute Gasteiger partial charge is 0.320 e. The minimum atomic E-state index is -4.46. The van der Waals surface area contributed by atoms with Gasteiger partial charge in [0.15, 0.2) is 0 Å². The lowest BCUT2D eigenvalue weighted by atomic mass is 9.99. The summed E-state index contributed by atoms with van der Waals surface area (Å²) in [4.78, 5) is 0.647. The average molecular weight is 328 g/mol. The zero-order valence-electron chi connectivity index (χ0n) is 9.45. The van der Waals surface area contributed by atoms with E-state index < -0.39 is 17.8 Å². The maximum Gasteiger partial charge on any atom is 0.416 e. The monoisotopic (exact) mass is 327 g/mol. The molecule has 19 heavy (non-hydrogen) atoms. The molecular weight excluding hydrogens is 318 g/mol. The minimum Gasteiger partial charge on any atom is -0.320 e. The van der Waals surface area contributed by atoms with Crippen LogP contribution < -0.4 is 5.73 Å². The Morgan fingerprint density at radius 3 is 2.37 bits per heavy atom. The highest BCUT2D eigenvalue weighted by molar-refractivity contribution is 7.10. The number of rotatable bonds is 2. The summed E-state index contributed by atoms with van der Waals surface area (Å²) in [5, 5.41) is 1.80. The van der Waals surface area contributed by atoms with E-state index in [0.717, 1.165) is 6.07 Å². The Kier molecular flexibility index (Phi) is 5.26. The lowest BCUT2D eigenvalue weighted by Gasteiger charge is -2.18. The summed E-state index contributed by atoms with van der Waals surface area (Å²) in [6.45, 7) is 0. The summed E-state index contributed by atoms with van der Waals surface area (Å²) < 4.78 is 38.8.